The topological polar surface area (TPSA) is 35.2 Å². The first-order chi connectivity index (χ1) is 5.65. The second kappa shape index (κ2) is 3.92. The molecule has 12 heavy (non-hydrogen) atoms. The summed E-state index contributed by atoms with van der Waals surface area (Å²) in [5, 5.41) is 0. The van der Waals surface area contributed by atoms with Crippen molar-refractivity contribution in [2.45, 2.75) is 13.0 Å². The molecule has 3 heteroatoms. The van der Waals surface area contributed by atoms with Gasteiger partial charge >= 0.3 is 0 Å². The molecule has 1 rings (SSSR count). The molecule has 1 atom stereocenters. The van der Waals surface area contributed by atoms with Gasteiger partial charge in [0.05, 0.1) is 7.11 Å². The Labute approximate surface area is 80.8 Å². The van der Waals surface area contributed by atoms with Crippen LogP contribution in [0.2, 0.25) is 0 Å². The molecule has 0 fully saturated rings. The lowest BCUT2D eigenvalue weighted by Crippen LogP contribution is -2.06. The summed E-state index contributed by atoms with van der Waals surface area (Å²) in [6.45, 7) is 1.94. The third-order valence-corrected chi connectivity index (χ3v) is 2.18. The van der Waals surface area contributed by atoms with Crippen molar-refractivity contribution in [1.29, 1.82) is 0 Å². The third-order valence-electron chi connectivity index (χ3n) is 1.69. The summed E-state index contributed by atoms with van der Waals surface area (Å²) < 4.78 is 6.18. The molecule has 0 bridgehead atoms. The zero-order valence-electron chi connectivity index (χ0n) is 7.17. The molecule has 0 radical (unpaired) electrons. The van der Waals surface area contributed by atoms with Gasteiger partial charge in [0.25, 0.3) is 0 Å². The summed E-state index contributed by atoms with van der Waals surface area (Å²) in [4.78, 5) is 0. The number of hydrogen-bond acceptors (Lipinski definition) is 2. The maximum absolute atomic E-state index is 5.74. The lowest BCUT2D eigenvalue weighted by molar-refractivity contribution is 0.406. The first-order valence-corrected chi connectivity index (χ1v) is 4.53. The third kappa shape index (κ3) is 1.99. The number of methoxy groups -OCH3 is 1. The molecule has 0 aromatic heterocycles. The van der Waals surface area contributed by atoms with Crippen LogP contribution < -0.4 is 10.5 Å². The van der Waals surface area contributed by atoms with Crippen molar-refractivity contribution in [1.82, 2.24) is 0 Å². The monoisotopic (exact) mass is 229 g/mol. The van der Waals surface area contributed by atoms with Gasteiger partial charge in [-0.3, -0.25) is 0 Å². The zero-order valence-corrected chi connectivity index (χ0v) is 8.76. The molecule has 0 aliphatic heterocycles. The second-order valence-electron chi connectivity index (χ2n) is 2.67. The Kier molecular flexibility index (Phi) is 3.12. The van der Waals surface area contributed by atoms with E-state index in [0.717, 1.165) is 15.8 Å². The highest BCUT2D eigenvalue weighted by atomic mass is 79.9. The Morgan fingerprint density at radius 3 is 2.67 bits per heavy atom. The van der Waals surface area contributed by atoms with E-state index in [1.807, 2.05) is 25.1 Å². The van der Waals surface area contributed by atoms with Gasteiger partial charge in [0, 0.05) is 16.1 Å². The molecule has 0 aliphatic carbocycles. The van der Waals surface area contributed by atoms with Gasteiger partial charge in [-0.1, -0.05) is 22.0 Å². The first-order valence-electron chi connectivity index (χ1n) is 3.74. The van der Waals surface area contributed by atoms with Crippen LogP contribution in [0, 0.1) is 0 Å². The average Bonchev–Trinajstić information content (AvgIpc) is 2.03. The van der Waals surface area contributed by atoms with Gasteiger partial charge in [0.2, 0.25) is 0 Å². The molecule has 0 aliphatic rings. The number of ether oxygens (including phenoxy) is 1. The SMILES string of the molecule is COc1cc(Br)ccc1[C@H](C)N. The number of nitrogens with two attached hydrogens (primary N) is 1. The van der Waals surface area contributed by atoms with Crippen LogP contribution in [0.3, 0.4) is 0 Å². The van der Waals surface area contributed by atoms with Crippen molar-refractivity contribution >= 4 is 15.9 Å². The van der Waals surface area contributed by atoms with Crippen molar-refractivity contribution < 1.29 is 4.74 Å². The minimum absolute atomic E-state index is 0.00745. The molecule has 0 heterocycles. The number of halogens is 1. The van der Waals surface area contributed by atoms with Crippen molar-refractivity contribution in [3.05, 3.63) is 28.2 Å². The lowest BCUT2D eigenvalue weighted by atomic mass is 10.1. The van der Waals surface area contributed by atoms with E-state index in [4.69, 9.17) is 10.5 Å². The standard InChI is InChI=1S/C9H12BrNO/c1-6(11)8-4-3-7(10)5-9(8)12-2/h3-6H,11H2,1-2H3/t6-/m0/s1. The van der Waals surface area contributed by atoms with Crippen LogP contribution >= 0.6 is 15.9 Å². The van der Waals surface area contributed by atoms with Gasteiger partial charge in [-0.25, -0.2) is 0 Å². The van der Waals surface area contributed by atoms with Crippen LogP contribution in [0.5, 0.6) is 5.75 Å². The van der Waals surface area contributed by atoms with Gasteiger partial charge in [-0.15, -0.1) is 0 Å². The smallest absolute Gasteiger partial charge is 0.124 e. The Morgan fingerprint density at radius 2 is 2.17 bits per heavy atom. The van der Waals surface area contributed by atoms with Gasteiger partial charge in [-0.05, 0) is 19.1 Å². The second-order valence-corrected chi connectivity index (χ2v) is 3.59. The molecule has 1 aromatic carbocycles. The molecule has 1 aromatic rings. The van der Waals surface area contributed by atoms with Crippen LogP contribution in [-0.4, -0.2) is 7.11 Å². The number of rotatable bonds is 2. The molecule has 2 nitrogen and oxygen atoms in total. The molecule has 0 saturated heterocycles. The van der Waals surface area contributed by atoms with E-state index in [1.165, 1.54) is 0 Å². The Hall–Kier alpha value is -0.540. The molecule has 2 N–H and O–H groups in total. The van der Waals surface area contributed by atoms with Gasteiger partial charge in [0.1, 0.15) is 5.75 Å². The molecule has 66 valence electrons. The van der Waals surface area contributed by atoms with Crippen LogP contribution in [0.4, 0.5) is 0 Å². The summed E-state index contributed by atoms with van der Waals surface area (Å²) in [7, 11) is 1.65. The van der Waals surface area contributed by atoms with Crippen LogP contribution in [0.1, 0.15) is 18.5 Å². The quantitative estimate of drug-likeness (QED) is 0.846. The summed E-state index contributed by atoms with van der Waals surface area (Å²) in [5.74, 6) is 0.833. The number of hydrogen-bond donors (Lipinski definition) is 1. The molecule has 0 saturated carbocycles. The summed E-state index contributed by atoms with van der Waals surface area (Å²) in [6, 6.07) is 5.85. The molecule has 0 unspecified atom stereocenters. The predicted molar refractivity (Wildman–Crippen MR) is 53.3 cm³/mol. The highest BCUT2D eigenvalue weighted by Crippen LogP contribution is 2.26. The van der Waals surface area contributed by atoms with E-state index in [9.17, 15) is 0 Å². The van der Waals surface area contributed by atoms with Crippen molar-refractivity contribution in [2.75, 3.05) is 7.11 Å². The average molecular weight is 230 g/mol. The maximum Gasteiger partial charge on any atom is 0.124 e. The Balaban J connectivity index is 3.11. The van der Waals surface area contributed by atoms with E-state index < -0.39 is 0 Å². The molecule has 0 spiro atoms. The van der Waals surface area contributed by atoms with E-state index >= 15 is 0 Å². The predicted octanol–water partition coefficient (Wildman–Crippen LogP) is 2.48. The summed E-state index contributed by atoms with van der Waals surface area (Å²) >= 11 is 3.37. The fourth-order valence-corrected chi connectivity index (χ4v) is 1.40. The van der Waals surface area contributed by atoms with E-state index in [0.29, 0.717) is 0 Å². The fourth-order valence-electron chi connectivity index (χ4n) is 1.06. The summed E-state index contributed by atoms with van der Waals surface area (Å²) in [5.41, 5.74) is 6.77. The molecular formula is C9H12BrNO. The first kappa shape index (κ1) is 9.55. The van der Waals surface area contributed by atoms with Crippen molar-refractivity contribution in [3.8, 4) is 5.75 Å². The molecule has 0 amide bonds. The minimum Gasteiger partial charge on any atom is -0.496 e. The normalized spacial score (nSPS) is 12.7. The van der Waals surface area contributed by atoms with Crippen LogP contribution in [0.15, 0.2) is 22.7 Å². The Morgan fingerprint density at radius 1 is 1.50 bits per heavy atom. The van der Waals surface area contributed by atoms with Gasteiger partial charge in [-0.2, -0.15) is 0 Å². The molecular weight excluding hydrogens is 218 g/mol. The lowest BCUT2D eigenvalue weighted by Gasteiger charge is -2.11. The highest BCUT2D eigenvalue weighted by molar-refractivity contribution is 9.10. The van der Waals surface area contributed by atoms with E-state index in [1.54, 1.807) is 7.11 Å². The maximum atomic E-state index is 5.74. The largest absolute Gasteiger partial charge is 0.496 e. The fraction of sp³-hybridized carbons (Fsp3) is 0.333. The number of benzene rings is 1. The highest BCUT2D eigenvalue weighted by Gasteiger charge is 2.06. The van der Waals surface area contributed by atoms with Crippen LogP contribution in [0.25, 0.3) is 0 Å². The van der Waals surface area contributed by atoms with Gasteiger partial charge < -0.3 is 10.5 Å². The zero-order chi connectivity index (χ0) is 9.14. The van der Waals surface area contributed by atoms with E-state index in [2.05, 4.69) is 15.9 Å². The van der Waals surface area contributed by atoms with Crippen molar-refractivity contribution in [3.63, 3.8) is 0 Å². The summed E-state index contributed by atoms with van der Waals surface area (Å²) in [6.07, 6.45) is 0. The van der Waals surface area contributed by atoms with Gasteiger partial charge in [0.15, 0.2) is 0 Å². The minimum atomic E-state index is 0.00745. The van der Waals surface area contributed by atoms with Crippen LogP contribution in [-0.2, 0) is 0 Å². The van der Waals surface area contributed by atoms with E-state index in [-0.39, 0.29) is 6.04 Å². The Bertz CT molecular complexity index is 273. The van der Waals surface area contributed by atoms with Crippen molar-refractivity contribution in [2.24, 2.45) is 5.73 Å².